The molecule has 0 bridgehead atoms. The van der Waals surface area contributed by atoms with Gasteiger partial charge in [-0.25, -0.2) is 13.2 Å². The SMILES string of the molecule is Fc1ccc(C(Br)c2ccc(F)c(F)c2)cc1. The molecule has 1 unspecified atom stereocenters. The molecule has 88 valence electrons. The van der Waals surface area contributed by atoms with E-state index >= 15 is 0 Å². The van der Waals surface area contributed by atoms with Crippen LogP contribution in [0.5, 0.6) is 0 Å². The van der Waals surface area contributed by atoms with E-state index in [2.05, 4.69) is 15.9 Å². The highest BCUT2D eigenvalue weighted by Crippen LogP contribution is 2.31. The molecule has 0 saturated carbocycles. The van der Waals surface area contributed by atoms with Crippen molar-refractivity contribution < 1.29 is 13.2 Å². The predicted octanol–water partition coefficient (Wildman–Crippen LogP) is 4.59. The average molecular weight is 301 g/mol. The molecule has 0 fully saturated rings. The molecule has 0 aromatic heterocycles. The van der Waals surface area contributed by atoms with Gasteiger partial charge in [0.15, 0.2) is 11.6 Å². The van der Waals surface area contributed by atoms with Gasteiger partial charge in [-0.3, -0.25) is 0 Å². The maximum Gasteiger partial charge on any atom is 0.159 e. The van der Waals surface area contributed by atoms with E-state index in [0.29, 0.717) is 5.56 Å². The van der Waals surface area contributed by atoms with Gasteiger partial charge in [-0.05, 0) is 35.4 Å². The molecule has 0 aliphatic heterocycles. The summed E-state index contributed by atoms with van der Waals surface area (Å²) in [4.78, 5) is -0.293. The Morgan fingerprint density at radius 1 is 0.765 bits per heavy atom. The van der Waals surface area contributed by atoms with E-state index in [9.17, 15) is 13.2 Å². The van der Waals surface area contributed by atoms with Gasteiger partial charge in [0, 0.05) is 0 Å². The normalized spacial score (nSPS) is 12.5. The Morgan fingerprint density at radius 3 is 1.94 bits per heavy atom. The first-order valence-electron chi connectivity index (χ1n) is 4.92. The van der Waals surface area contributed by atoms with Gasteiger partial charge in [0.05, 0.1) is 4.83 Å². The Kier molecular flexibility index (Phi) is 3.52. The molecule has 0 spiro atoms. The highest BCUT2D eigenvalue weighted by atomic mass is 79.9. The second-order valence-electron chi connectivity index (χ2n) is 3.59. The average Bonchev–Trinajstić information content (AvgIpc) is 2.33. The molecular formula is C13H8BrF3. The van der Waals surface area contributed by atoms with Crippen LogP contribution < -0.4 is 0 Å². The number of hydrogen-bond donors (Lipinski definition) is 0. The molecule has 2 aromatic carbocycles. The van der Waals surface area contributed by atoms with Crippen molar-refractivity contribution in [3.63, 3.8) is 0 Å². The summed E-state index contributed by atoms with van der Waals surface area (Å²) in [5.74, 6) is -2.11. The second-order valence-corrected chi connectivity index (χ2v) is 4.50. The van der Waals surface area contributed by atoms with Crippen molar-refractivity contribution in [3.8, 4) is 0 Å². The minimum Gasteiger partial charge on any atom is -0.207 e. The van der Waals surface area contributed by atoms with Gasteiger partial charge < -0.3 is 0 Å². The van der Waals surface area contributed by atoms with Gasteiger partial charge >= 0.3 is 0 Å². The lowest BCUT2D eigenvalue weighted by Crippen LogP contribution is -1.95. The Hall–Kier alpha value is -1.29. The molecule has 1 atom stereocenters. The first-order valence-corrected chi connectivity index (χ1v) is 5.84. The summed E-state index contributed by atoms with van der Waals surface area (Å²) in [5.41, 5.74) is 1.35. The molecule has 0 radical (unpaired) electrons. The van der Waals surface area contributed by atoms with Gasteiger partial charge in [0.2, 0.25) is 0 Å². The predicted molar refractivity (Wildman–Crippen MR) is 63.5 cm³/mol. The molecular weight excluding hydrogens is 293 g/mol. The fourth-order valence-electron chi connectivity index (χ4n) is 1.49. The van der Waals surface area contributed by atoms with Crippen LogP contribution in [-0.2, 0) is 0 Å². The van der Waals surface area contributed by atoms with Crippen LogP contribution in [0, 0.1) is 17.5 Å². The summed E-state index contributed by atoms with van der Waals surface area (Å²) >= 11 is 3.37. The first kappa shape index (κ1) is 12.2. The van der Waals surface area contributed by atoms with Gasteiger partial charge in [0.25, 0.3) is 0 Å². The molecule has 0 N–H and O–H groups in total. The zero-order chi connectivity index (χ0) is 12.4. The van der Waals surface area contributed by atoms with E-state index in [4.69, 9.17) is 0 Å². The third-order valence-corrected chi connectivity index (χ3v) is 3.46. The zero-order valence-corrected chi connectivity index (χ0v) is 10.2. The first-order chi connectivity index (χ1) is 8.08. The Labute approximate surface area is 105 Å². The van der Waals surface area contributed by atoms with Crippen molar-refractivity contribution >= 4 is 15.9 Å². The zero-order valence-electron chi connectivity index (χ0n) is 8.63. The fourth-order valence-corrected chi connectivity index (χ4v) is 2.08. The number of halogens is 4. The summed E-state index contributed by atoms with van der Waals surface area (Å²) in [6.07, 6.45) is 0. The van der Waals surface area contributed by atoms with Crippen molar-refractivity contribution in [2.75, 3.05) is 0 Å². The summed E-state index contributed by atoms with van der Waals surface area (Å²) in [6, 6.07) is 9.51. The summed E-state index contributed by atoms with van der Waals surface area (Å²) in [6.45, 7) is 0. The smallest absolute Gasteiger partial charge is 0.159 e. The van der Waals surface area contributed by atoms with E-state index in [-0.39, 0.29) is 10.6 Å². The maximum absolute atomic E-state index is 13.1. The van der Waals surface area contributed by atoms with Gasteiger partial charge in [0.1, 0.15) is 5.82 Å². The second kappa shape index (κ2) is 4.92. The molecule has 17 heavy (non-hydrogen) atoms. The number of rotatable bonds is 2. The molecule has 2 aromatic rings. The van der Waals surface area contributed by atoms with Crippen molar-refractivity contribution in [3.05, 3.63) is 71.0 Å². The standard InChI is InChI=1S/C13H8BrF3/c14-13(8-1-4-10(15)5-2-8)9-3-6-11(16)12(17)7-9/h1-7,13H. The van der Waals surface area contributed by atoms with Crippen LogP contribution in [0.25, 0.3) is 0 Å². The van der Waals surface area contributed by atoms with E-state index in [1.54, 1.807) is 12.1 Å². The van der Waals surface area contributed by atoms with Crippen LogP contribution in [0.2, 0.25) is 0 Å². The summed E-state index contributed by atoms with van der Waals surface area (Å²) in [7, 11) is 0. The molecule has 0 aliphatic rings. The van der Waals surface area contributed by atoms with Crippen LogP contribution in [0.4, 0.5) is 13.2 Å². The minimum atomic E-state index is -0.894. The van der Waals surface area contributed by atoms with Gasteiger partial charge in [-0.1, -0.05) is 34.1 Å². The third-order valence-electron chi connectivity index (χ3n) is 2.40. The van der Waals surface area contributed by atoms with Crippen molar-refractivity contribution in [1.29, 1.82) is 0 Å². The lowest BCUT2D eigenvalue weighted by molar-refractivity contribution is 0.507. The quantitative estimate of drug-likeness (QED) is 0.712. The van der Waals surface area contributed by atoms with Crippen molar-refractivity contribution in [1.82, 2.24) is 0 Å². The van der Waals surface area contributed by atoms with Crippen LogP contribution in [0.3, 0.4) is 0 Å². The topological polar surface area (TPSA) is 0 Å². The van der Waals surface area contributed by atoms with Crippen molar-refractivity contribution in [2.45, 2.75) is 4.83 Å². The van der Waals surface area contributed by atoms with Gasteiger partial charge in [-0.2, -0.15) is 0 Å². The molecule has 0 amide bonds. The fraction of sp³-hybridized carbons (Fsp3) is 0.0769. The van der Waals surface area contributed by atoms with E-state index in [0.717, 1.165) is 17.7 Å². The molecule has 4 heteroatoms. The minimum absolute atomic E-state index is 0.293. The largest absolute Gasteiger partial charge is 0.207 e. The highest BCUT2D eigenvalue weighted by Gasteiger charge is 2.12. The highest BCUT2D eigenvalue weighted by molar-refractivity contribution is 9.09. The number of alkyl halides is 1. The van der Waals surface area contributed by atoms with E-state index < -0.39 is 11.6 Å². The Balaban J connectivity index is 2.33. The van der Waals surface area contributed by atoms with E-state index in [1.807, 2.05) is 0 Å². The van der Waals surface area contributed by atoms with Gasteiger partial charge in [-0.15, -0.1) is 0 Å². The molecule has 0 nitrogen and oxygen atoms in total. The molecule has 0 aliphatic carbocycles. The van der Waals surface area contributed by atoms with Crippen LogP contribution in [0.1, 0.15) is 16.0 Å². The Morgan fingerprint density at radius 2 is 1.35 bits per heavy atom. The maximum atomic E-state index is 13.1. The Bertz CT molecular complexity index is 523. The van der Waals surface area contributed by atoms with Crippen LogP contribution >= 0.6 is 15.9 Å². The van der Waals surface area contributed by atoms with Crippen LogP contribution in [-0.4, -0.2) is 0 Å². The van der Waals surface area contributed by atoms with Crippen LogP contribution in [0.15, 0.2) is 42.5 Å². The number of benzene rings is 2. The monoisotopic (exact) mass is 300 g/mol. The molecule has 2 rings (SSSR count). The lowest BCUT2D eigenvalue weighted by Gasteiger charge is -2.10. The lowest BCUT2D eigenvalue weighted by atomic mass is 10.0. The molecule has 0 saturated heterocycles. The summed E-state index contributed by atoms with van der Waals surface area (Å²) in [5, 5.41) is 0. The summed E-state index contributed by atoms with van der Waals surface area (Å²) < 4.78 is 38.6. The molecule has 0 heterocycles. The van der Waals surface area contributed by atoms with E-state index in [1.165, 1.54) is 18.2 Å². The third kappa shape index (κ3) is 2.69. The van der Waals surface area contributed by atoms with Crippen molar-refractivity contribution in [2.24, 2.45) is 0 Å². The number of hydrogen-bond acceptors (Lipinski definition) is 0.